The Morgan fingerprint density at radius 3 is 2.77 bits per heavy atom. The van der Waals surface area contributed by atoms with Crippen LogP contribution in [0.25, 0.3) is 22.4 Å². The van der Waals surface area contributed by atoms with Gasteiger partial charge in [0.1, 0.15) is 17.3 Å². The number of anilines is 2. The lowest BCUT2D eigenvalue weighted by Gasteiger charge is -2.09. The van der Waals surface area contributed by atoms with Crippen LogP contribution in [-0.2, 0) is 6.54 Å². The van der Waals surface area contributed by atoms with E-state index in [0.29, 0.717) is 12.4 Å². The third-order valence-electron chi connectivity index (χ3n) is 3.96. The molecule has 0 saturated carbocycles. The summed E-state index contributed by atoms with van der Waals surface area (Å²) in [6.07, 6.45) is 5.42. The number of nitrogens with zero attached hydrogens (tertiary/aromatic N) is 4. The van der Waals surface area contributed by atoms with E-state index in [0.717, 1.165) is 40.5 Å². The van der Waals surface area contributed by atoms with Crippen LogP contribution in [0.2, 0.25) is 0 Å². The molecule has 0 spiro atoms. The molecule has 26 heavy (non-hydrogen) atoms. The highest BCUT2D eigenvalue weighted by Gasteiger charge is 2.12. The van der Waals surface area contributed by atoms with Gasteiger partial charge in [-0.05, 0) is 37.3 Å². The molecule has 0 radical (unpaired) electrons. The predicted molar refractivity (Wildman–Crippen MR) is 103 cm³/mol. The molecule has 0 saturated heterocycles. The van der Waals surface area contributed by atoms with E-state index in [1.165, 1.54) is 0 Å². The zero-order valence-electron chi connectivity index (χ0n) is 14.4. The van der Waals surface area contributed by atoms with Crippen LogP contribution in [0, 0.1) is 0 Å². The van der Waals surface area contributed by atoms with Crippen LogP contribution in [-0.4, -0.2) is 31.5 Å². The average molecular weight is 345 g/mol. The summed E-state index contributed by atoms with van der Waals surface area (Å²) in [5.74, 6) is 2.22. The summed E-state index contributed by atoms with van der Waals surface area (Å²) in [5, 5.41) is 7.54. The maximum atomic E-state index is 4.63. The number of aromatic nitrogens is 5. The van der Waals surface area contributed by atoms with Crippen molar-refractivity contribution in [3.05, 3.63) is 60.7 Å². The van der Waals surface area contributed by atoms with Crippen molar-refractivity contribution >= 4 is 22.7 Å². The fraction of sp³-hybridized carbons (Fsp3) is 0.158. The third kappa shape index (κ3) is 3.32. The van der Waals surface area contributed by atoms with Crippen molar-refractivity contribution in [2.24, 2.45) is 0 Å². The minimum Gasteiger partial charge on any atom is -0.370 e. The van der Waals surface area contributed by atoms with E-state index in [1.807, 2.05) is 49.5 Å². The number of H-pyrrole nitrogens is 1. The molecule has 4 rings (SSSR count). The molecule has 7 nitrogen and oxygen atoms in total. The Kier molecular flexibility index (Phi) is 4.42. The van der Waals surface area contributed by atoms with Gasteiger partial charge in [0.15, 0.2) is 5.82 Å². The van der Waals surface area contributed by atoms with Crippen LogP contribution in [0.4, 0.5) is 11.6 Å². The lowest BCUT2D eigenvalue weighted by Crippen LogP contribution is -2.04. The lowest BCUT2D eigenvalue weighted by atomic mass is 10.1. The standard InChI is InChI=1S/C19H19N7/c1-2-20-16-7-10-23-19(25-16)15-11-17(26-18-14(15)6-9-22-18)24-12-13-5-3-4-8-21-13/h3-11H,2,12H2,1H3,(H,20,23,25)(H2,22,24,26). The van der Waals surface area contributed by atoms with E-state index in [4.69, 9.17) is 0 Å². The van der Waals surface area contributed by atoms with Gasteiger partial charge >= 0.3 is 0 Å². The topological polar surface area (TPSA) is 91.4 Å². The molecule has 4 aromatic heterocycles. The van der Waals surface area contributed by atoms with E-state index in [-0.39, 0.29) is 0 Å². The summed E-state index contributed by atoms with van der Waals surface area (Å²) < 4.78 is 0. The van der Waals surface area contributed by atoms with Crippen molar-refractivity contribution in [3.8, 4) is 11.4 Å². The first-order valence-corrected chi connectivity index (χ1v) is 8.52. The fourth-order valence-electron chi connectivity index (χ4n) is 2.77. The first-order valence-electron chi connectivity index (χ1n) is 8.52. The van der Waals surface area contributed by atoms with Crippen LogP contribution < -0.4 is 10.6 Å². The van der Waals surface area contributed by atoms with Gasteiger partial charge < -0.3 is 15.6 Å². The quantitative estimate of drug-likeness (QED) is 0.496. The minimum absolute atomic E-state index is 0.595. The normalized spacial score (nSPS) is 10.8. The molecule has 0 fully saturated rings. The molecule has 0 unspecified atom stereocenters. The second kappa shape index (κ2) is 7.18. The van der Waals surface area contributed by atoms with Gasteiger partial charge in [-0.15, -0.1) is 0 Å². The molecule has 4 heterocycles. The molecule has 0 amide bonds. The summed E-state index contributed by atoms with van der Waals surface area (Å²) in [5.41, 5.74) is 2.68. The highest BCUT2D eigenvalue weighted by Crippen LogP contribution is 2.28. The van der Waals surface area contributed by atoms with Gasteiger partial charge in [-0.1, -0.05) is 6.07 Å². The second-order valence-electron chi connectivity index (χ2n) is 5.77. The first-order chi connectivity index (χ1) is 12.8. The molecular weight excluding hydrogens is 326 g/mol. The van der Waals surface area contributed by atoms with Crippen molar-refractivity contribution in [1.29, 1.82) is 0 Å². The zero-order valence-corrected chi connectivity index (χ0v) is 14.4. The monoisotopic (exact) mass is 345 g/mol. The summed E-state index contributed by atoms with van der Waals surface area (Å²) >= 11 is 0. The summed E-state index contributed by atoms with van der Waals surface area (Å²) in [6, 6.07) is 11.7. The maximum absolute atomic E-state index is 4.63. The molecule has 7 heteroatoms. The van der Waals surface area contributed by atoms with Crippen molar-refractivity contribution in [2.75, 3.05) is 17.2 Å². The van der Waals surface area contributed by atoms with Gasteiger partial charge in [-0.2, -0.15) is 0 Å². The lowest BCUT2D eigenvalue weighted by molar-refractivity contribution is 1.03. The van der Waals surface area contributed by atoms with Crippen LogP contribution in [0.15, 0.2) is 55.0 Å². The molecule has 4 aromatic rings. The van der Waals surface area contributed by atoms with Crippen LogP contribution in [0.5, 0.6) is 0 Å². The fourth-order valence-corrected chi connectivity index (χ4v) is 2.77. The van der Waals surface area contributed by atoms with Gasteiger partial charge in [0.05, 0.1) is 12.2 Å². The second-order valence-corrected chi connectivity index (χ2v) is 5.77. The molecule has 130 valence electrons. The Morgan fingerprint density at radius 2 is 1.92 bits per heavy atom. The first kappa shape index (κ1) is 16.0. The number of hydrogen-bond donors (Lipinski definition) is 3. The molecule has 3 N–H and O–H groups in total. The largest absolute Gasteiger partial charge is 0.370 e. The molecule has 0 aliphatic carbocycles. The predicted octanol–water partition coefficient (Wildman–Crippen LogP) is 3.46. The van der Waals surface area contributed by atoms with Crippen LogP contribution in [0.3, 0.4) is 0 Å². The number of rotatable bonds is 6. The highest BCUT2D eigenvalue weighted by atomic mass is 15.0. The Balaban J connectivity index is 1.70. The number of nitrogens with one attached hydrogen (secondary N) is 3. The van der Waals surface area contributed by atoms with Gasteiger partial charge in [-0.25, -0.2) is 15.0 Å². The van der Waals surface area contributed by atoms with Crippen LogP contribution in [0.1, 0.15) is 12.6 Å². The number of fused-ring (bicyclic) bond motifs is 1. The number of pyridine rings is 2. The van der Waals surface area contributed by atoms with Crippen molar-refractivity contribution in [2.45, 2.75) is 13.5 Å². The molecule has 0 aliphatic heterocycles. The van der Waals surface area contributed by atoms with E-state index in [2.05, 4.69) is 35.6 Å². The number of aromatic amines is 1. The average Bonchev–Trinajstić information content (AvgIpc) is 3.16. The molecular formula is C19H19N7. The molecule has 0 atom stereocenters. The summed E-state index contributed by atoms with van der Waals surface area (Å²) in [7, 11) is 0. The number of hydrogen-bond acceptors (Lipinski definition) is 6. The molecule has 0 bridgehead atoms. The van der Waals surface area contributed by atoms with Gasteiger partial charge in [0.25, 0.3) is 0 Å². The summed E-state index contributed by atoms with van der Waals surface area (Å²) in [4.78, 5) is 21.2. The van der Waals surface area contributed by atoms with Crippen molar-refractivity contribution < 1.29 is 0 Å². The van der Waals surface area contributed by atoms with E-state index in [9.17, 15) is 0 Å². The molecule has 0 aliphatic rings. The Bertz CT molecular complexity index is 1010. The SMILES string of the molecule is CCNc1ccnc(-c2cc(NCc3ccccn3)nc3[nH]ccc23)n1. The summed E-state index contributed by atoms with van der Waals surface area (Å²) in [6.45, 7) is 3.44. The smallest absolute Gasteiger partial charge is 0.162 e. The van der Waals surface area contributed by atoms with E-state index >= 15 is 0 Å². The Hall–Kier alpha value is -3.48. The minimum atomic E-state index is 0.595. The van der Waals surface area contributed by atoms with Gasteiger partial charge in [-0.3, -0.25) is 4.98 Å². The van der Waals surface area contributed by atoms with Crippen LogP contribution >= 0.6 is 0 Å². The Morgan fingerprint density at radius 1 is 0.962 bits per heavy atom. The Labute approximate surface area is 151 Å². The van der Waals surface area contributed by atoms with E-state index in [1.54, 1.807) is 12.4 Å². The van der Waals surface area contributed by atoms with Crippen molar-refractivity contribution in [1.82, 2.24) is 24.9 Å². The maximum Gasteiger partial charge on any atom is 0.162 e. The van der Waals surface area contributed by atoms with Crippen molar-refractivity contribution in [3.63, 3.8) is 0 Å². The molecule has 0 aromatic carbocycles. The van der Waals surface area contributed by atoms with E-state index < -0.39 is 0 Å². The zero-order chi connectivity index (χ0) is 17.8. The highest BCUT2D eigenvalue weighted by molar-refractivity contribution is 5.93. The third-order valence-corrected chi connectivity index (χ3v) is 3.96. The van der Waals surface area contributed by atoms with Gasteiger partial charge in [0, 0.05) is 36.1 Å². The van der Waals surface area contributed by atoms with Gasteiger partial charge in [0.2, 0.25) is 0 Å².